The van der Waals surface area contributed by atoms with E-state index in [0.29, 0.717) is 11.0 Å². The van der Waals surface area contributed by atoms with Crippen LogP contribution in [0.15, 0.2) is 53.7 Å². The predicted molar refractivity (Wildman–Crippen MR) is 105 cm³/mol. The molecule has 0 fully saturated rings. The molecule has 27 heavy (non-hydrogen) atoms. The van der Waals surface area contributed by atoms with Crippen LogP contribution in [0.5, 0.6) is 5.75 Å². The van der Waals surface area contributed by atoms with Crippen molar-refractivity contribution in [3.8, 4) is 22.8 Å². The van der Waals surface area contributed by atoms with E-state index in [1.54, 1.807) is 14.0 Å². The van der Waals surface area contributed by atoms with E-state index in [9.17, 15) is 4.79 Å². The first-order valence-corrected chi connectivity index (χ1v) is 9.33. The molecule has 0 aliphatic rings. The van der Waals surface area contributed by atoms with Gasteiger partial charge >= 0.3 is 5.97 Å². The lowest BCUT2D eigenvalue weighted by Crippen LogP contribution is -2.15. The molecule has 6 nitrogen and oxygen atoms in total. The number of ether oxygens (including phenoxy) is 2. The molecule has 2 aromatic carbocycles. The Hall–Kier alpha value is -2.80. The number of benzene rings is 2. The summed E-state index contributed by atoms with van der Waals surface area (Å²) in [7, 11) is 3.01. The van der Waals surface area contributed by atoms with Crippen LogP contribution in [-0.4, -0.2) is 40.2 Å². The van der Waals surface area contributed by atoms with Gasteiger partial charge in [-0.25, -0.2) is 0 Å². The lowest BCUT2D eigenvalue weighted by molar-refractivity contribution is -0.139. The SMILES string of the molecule is COC(=O)C(C)Sc1nnc(-c2ccc(OC)cc2)n1-c1ccc(C)cc1. The highest BCUT2D eigenvalue weighted by Crippen LogP contribution is 2.31. The molecule has 3 rings (SSSR count). The Bertz CT molecular complexity index is 921. The average molecular weight is 383 g/mol. The minimum absolute atomic E-state index is 0.301. The number of carbonyl (C=O) groups is 1. The molecule has 1 unspecified atom stereocenters. The van der Waals surface area contributed by atoms with Crippen molar-refractivity contribution in [2.45, 2.75) is 24.3 Å². The lowest BCUT2D eigenvalue weighted by atomic mass is 10.2. The summed E-state index contributed by atoms with van der Waals surface area (Å²) in [6.07, 6.45) is 0. The first-order chi connectivity index (χ1) is 13.0. The lowest BCUT2D eigenvalue weighted by Gasteiger charge is -2.13. The maximum Gasteiger partial charge on any atom is 0.318 e. The van der Waals surface area contributed by atoms with E-state index >= 15 is 0 Å². The van der Waals surface area contributed by atoms with Crippen LogP contribution in [0.25, 0.3) is 17.1 Å². The molecule has 0 aliphatic carbocycles. The van der Waals surface area contributed by atoms with Crippen molar-refractivity contribution < 1.29 is 14.3 Å². The minimum Gasteiger partial charge on any atom is -0.497 e. The molecule has 0 spiro atoms. The van der Waals surface area contributed by atoms with E-state index < -0.39 is 5.25 Å². The number of carbonyl (C=O) groups excluding carboxylic acids is 1. The van der Waals surface area contributed by atoms with Crippen molar-refractivity contribution in [1.29, 1.82) is 0 Å². The highest BCUT2D eigenvalue weighted by molar-refractivity contribution is 8.00. The molecule has 0 aliphatic heterocycles. The van der Waals surface area contributed by atoms with E-state index in [0.717, 1.165) is 22.6 Å². The molecule has 1 atom stereocenters. The third-order valence-electron chi connectivity index (χ3n) is 4.09. The smallest absolute Gasteiger partial charge is 0.318 e. The Labute approximate surface area is 162 Å². The monoisotopic (exact) mass is 383 g/mol. The summed E-state index contributed by atoms with van der Waals surface area (Å²) in [5.74, 6) is 1.17. The fraction of sp³-hybridized carbons (Fsp3) is 0.250. The summed E-state index contributed by atoms with van der Waals surface area (Å²) in [5, 5.41) is 8.94. The van der Waals surface area contributed by atoms with Crippen LogP contribution in [0.4, 0.5) is 0 Å². The van der Waals surface area contributed by atoms with E-state index in [2.05, 4.69) is 10.2 Å². The molecule has 0 bridgehead atoms. The van der Waals surface area contributed by atoms with Gasteiger partial charge in [-0.2, -0.15) is 0 Å². The Balaban J connectivity index is 2.07. The number of aryl methyl sites for hydroxylation is 1. The van der Waals surface area contributed by atoms with Gasteiger partial charge < -0.3 is 9.47 Å². The molecule has 7 heteroatoms. The maximum absolute atomic E-state index is 11.8. The average Bonchev–Trinajstić information content (AvgIpc) is 3.11. The van der Waals surface area contributed by atoms with Crippen LogP contribution in [0.1, 0.15) is 12.5 Å². The van der Waals surface area contributed by atoms with Gasteiger partial charge in [0.2, 0.25) is 0 Å². The van der Waals surface area contributed by atoms with Crippen molar-refractivity contribution >= 4 is 17.7 Å². The van der Waals surface area contributed by atoms with Gasteiger partial charge in [-0.1, -0.05) is 29.5 Å². The van der Waals surface area contributed by atoms with Gasteiger partial charge in [-0.3, -0.25) is 9.36 Å². The number of aromatic nitrogens is 3. The first-order valence-electron chi connectivity index (χ1n) is 8.45. The summed E-state index contributed by atoms with van der Waals surface area (Å²) in [6.45, 7) is 3.83. The minimum atomic E-state index is -0.396. The Morgan fingerprint density at radius 1 is 1.04 bits per heavy atom. The standard InChI is InChI=1S/C20H21N3O3S/c1-13-5-9-16(10-6-13)23-18(15-7-11-17(25-3)12-8-15)21-22-20(23)27-14(2)19(24)26-4/h5-12,14H,1-4H3. The third-order valence-corrected chi connectivity index (χ3v) is 5.11. The predicted octanol–water partition coefficient (Wildman–Crippen LogP) is 3.90. The number of thioether (sulfide) groups is 1. The second-order valence-corrected chi connectivity index (χ2v) is 7.30. The fourth-order valence-electron chi connectivity index (χ4n) is 2.57. The first kappa shape index (κ1) is 19.0. The van der Waals surface area contributed by atoms with Crippen LogP contribution in [0.3, 0.4) is 0 Å². The third kappa shape index (κ3) is 4.14. The van der Waals surface area contributed by atoms with Gasteiger partial charge in [-0.05, 0) is 50.2 Å². The highest BCUT2D eigenvalue weighted by atomic mass is 32.2. The number of hydrogen-bond acceptors (Lipinski definition) is 6. The molecule has 0 saturated heterocycles. The van der Waals surface area contributed by atoms with E-state index in [-0.39, 0.29) is 5.97 Å². The zero-order chi connectivity index (χ0) is 19.4. The summed E-state index contributed by atoms with van der Waals surface area (Å²) in [4.78, 5) is 11.8. The number of esters is 1. The molecule has 3 aromatic rings. The Morgan fingerprint density at radius 3 is 2.30 bits per heavy atom. The van der Waals surface area contributed by atoms with Gasteiger partial charge in [0, 0.05) is 11.3 Å². The zero-order valence-corrected chi connectivity index (χ0v) is 16.5. The van der Waals surface area contributed by atoms with Crippen LogP contribution < -0.4 is 4.74 Å². The van der Waals surface area contributed by atoms with E-state index in [4.69, 9.17) is 9.47 Å². The van der Waals surface area contributed by atoms with Crippen LogP contribution in [0.2, 0.25) is 0 Å². The second kappa shape index (κ2) is 8.26. The Morgan fingerprint density at radius 2 is 1.70 bits per heavy atom. The van der Waals surface area contributed by atoms with Crippen molar-refractivity contribution in [2.24, 2.45) is 0 Å². The molecule has 0 N–H and O–H groups in total. The summed E-state index contributed by atoms with van der Waals surface area (Å²) in [6, 6.07) is 15.7. The van der Waals surface area contributed by atoms with Crippen LogP contribution in [0, 0.1) is 6.92 Å². The number of rotatable bonds is 6. The Kier molecular flexibility index (Phi) is 5.81. The van der Waals surface area contributed by atoms with E-state index in [1.807, 2.05) is 60.0 Å². The molecular formula is C20H21N3O3S. The van der Waals surface area contributed by atoms with Gasteiger partial charge in [0.05, 0.1) is 14.2 Å². The second-order valence-electron chi connectivity index (χ2n) is 5.99. The van der Waals surface area contributed by atoms with Crippen LogP contribution >= 0.6 is 11.8 Å². The number of methoxy groups -OCH3 is 2. The fourth-order valence-corrected chi connectivity index (χ4v) is 3.47. The normalized spacial score (nSPS) is 11.9. The highest BCUT2D eigenvalue weighted by Gasteiger charge is 2.22. The van der Waals surface area contributed by atoms with Gasteiger partial charge in [-0.15, -0.1) is 10.2 Å². The molecule has 1 heterocycles. The maximum atomic E-state index is 11.8. The van der Waals surface area contributed by atoms with Crippen molar-refractivity contribution in [3.63, 3.8) is 0 Å². The molecule has 140 valence electrons. The van der Waals surface area contributed by atoms with Crippen molar-refractivity contribution in [3.05, 3.63) is 54.1 Å². The summed E-state index contributed by atoms with van der Waals surface area (Å²) < 4.78 is 12.0. The van der Waals surface area contributed by atoms with Crippen molar-refractivity contribution in [1.82, 2.24) is 14.8 Å². The quantitative estimate of drug-likeness (QED) is 0.475. The molecular weight excluding hydrogens is 362 g/mol. The van der Waals surface area contributed by atoms with Crippen LogP contribution in [-0.2, 0) is 9.53 Å². The number of hydrogen-bond donors (Lipinski definition) is 0. The molecule has 0 radical (unpaired) electrons. The molecule has 0 amide bonds. The van der Waals surface area contributed by atoms with Gasteiger partial charge in [0.25, 0.3) is 0 Å². The largest absolute Gasteiger partial charge is 0.497 e. The van der Waals surface area contributed by atoms with E-state index in [1.165, 1.54) is 18.9 Å². The molecule has 0 saturated carbocycles. The number of nitrogens with zero attached hydrogens (tertiary/aromatic N) is 3. The van der Waals surface area contributed by atoms with Gasteiger partial charge in [0.1, 0.15) is 11.0 Å². The summed E-state index contributed by atoms with van der Waals surface area (Å²) >= 11 is 1.32. The van der Waals surface area contributed by atoms with Crippen molar-refractivity contribution in [2.75, 3.05) is 14.2 Å². The summed E-state index contributed by atoms with van der Waals surface area (Å²) in [5.41, 5.74) is 2.99. The zero-order valence-electron chi connectivity index (χ0n) is 15.7. The molecule has 1 aromatic heterocycles. The topological polar surface area (TPSA) is 66.2 Å². The van der Waals surface area contributed by atoms with Gasteiger partial charge in [0.15, 0.2) is 11.0 Å².